The topological polar surface area (TPSA) is 37.3 Å². The van der Waals surface area contributed by atoms with E-state index in [2.05, 4.69) is 13.8 Å². The average molecular weight is 208 g/mol. The van der Waals surface area contributed by atoms with Gasteiger partial charge in [-0.1, -0.05) is 26.3 Å². The summed E-state index contributed by atoms with van der Waals surface area (Å²) in [5.74, 6) is -0.851. The van der Waals surface area contributed by atoms with Crippen LogP contribution < -0.4 is 0 Å². The summed E-state index contributed by atoms with van der Waals surface area (Å²) in [5.41, 5.74) is 3.47. The molecule has 0 aliphatic heterocycles. The van der Waals surface area contributed by atoms with Crippen LogP contribution >= 0.6 is 0 Å². The predicted octanol–water partition coefficient (Wildman–Crippen LogP) is 3.73. The quantitative estimate of drug-likeness (QED) is 0.763. The van der Waals surface area contributed by atoms with Crippen molar-refractivity contribution in [3.63, 3.8) is 0 Å². The van der Waals surface area contributed by atoms with Gasteiger partial charge in [0.15, 0.2) is 0 Å². The lowest BCUT2D eigenvalue weighted by Crippen LogP contribution is -2.01. The number of carboxylic acids is 1. The molecule has 0 radical (unpaired) electrons. The Bertz CT molecular complexity index is 341. The summed E-state index contributed by atoms with van der Waals surface area (Å²) in [4.78, 5) is 10.7. The van der Waals surface area contributed by atoms with Gasteiger partial charge < -0.3 is 5.11 Å². The van der Waals surface area contributed by atoms with Crippen molar-refractivity contribution in [2.75, 3.05) is 0 Å². The Labute approximate surface area is 91.9 Å². The van der Waals surface area contributed by atoms with E-state index in [1.54, 1.807) is 6.07 Å². The summed E-state index contributed by atoms with van der Waals surface area (Å²) in [6, 6.07) is 3.49. The predicted molar refractivity (Wildman–Crippen MR) is 63.6 cm³/mol. The second-order valence-electron chi connectivity index (χ2n) is 3.69. The average Bonchev–Trinajstić information content (AvgIpc) is 2.15. The number of benzene rings is 1. The number of aromatic carboxylic acids is 1. The molecule has 0 bridgehead atoms. The molecule has 0 aromatic heterocycles. The summed E-state index contributed by atoms with van der Waals surface area (Å²) in [6.45, 7) is 10.0. The van der Waals surface area contributed by atoms with Gasteiger partial charge in [-0.15, -0.1) is 0 Å². The zero-order chi connectivity index (χ0) is 12.0. The van der Waals surface area contributed by atoms with Crippen LogP contribution in [0.25, 0.3) is 0 Å². The first kappa shape index (κ1) is 13.7. The molecule has 0 aliphatic rings. The summed E-state index contributed by atoms with van der Waals surface area (Å²) in [5, 5.41) is 8.78. The van der Waals surface area contributed by atoms with Crippen molar-refractivity contribution in [2.24, 2.45) is 0 Å². The van der Waals surface area contributed by atoms with E-state index >= 15 is 0 Å². The van der Waals surface area contributed by atoms with E-state index < -0.39 is 5.97 Å². The molecule has 84 valence electrons. The molecule has 0 heterocycles. The van der Waals surface area contributed by atoms with Crippen LogP contribution in [-0.2, 0) is 0 Å². The first-order valence-corrected chi connectivity index (χ1v) is 5.25. The number of hydrogen-bond acceptors (Lipinski definition) is 1. The highest BCUT2D eigenvalue weighted by Crippen LogP contribution is 2.16. The van der Waals surface area contributed by atoms with Gasteiger partial charge in [0, 0.05) is 0 Å². The maximum atomic E-state index is 10.7. The molecule has 1 aromatic carbocycles. The summed E-state index contributed by atoms with van der Waals surface area (Å²) >= 11 is 0. The Balaban J connectivity index is 0.000000583. The van der Waals surface area contributed by atoms with E-state index in [0.717, 1.165) is 16.7 Å². The normalized spacial score (nSPS) is 9.13. The maximum Gasteiger partial charge on any atom is 0.335 e. The third-order valence-electron chi connectivity index (χ3n) is 2.29. The van der Waals surface area contributed by atoms with Gasteiger partial charge in [-0.05, 0) is 43.5 Å². The number of carboxylic acid groups (broad SMARTS) is 1. The minimum absolute atomic E-state index is 0.401. The zero-order valence-electron chi connectivity index (χ0n) is 10.2. The molecule has 1 aromatic rings. The SMILES string of the molecule is CCC.Cc1ccc(C(=O)O)c(C)c1C. The fraction of sp³-hybridized carbons (Fsp3) is 0.462. The molecule has 0 amide bonds. The van der Waals surface area contributed by atoms with Crippen LogP contribution in [0.1, 0.15) is 47.3 Å². The van der Waals surface area contributed by atoms with Crippen molar-refractivity contribution in [2.45, 2.75) is 41.0 Å². The number of aryl methyl sites for hydroxylation is 1. The molecule has 1 rings (SSSR count). The van der Waals surface area contributed by atoms with Crippen molar-refractivity contribution in [3.05, 3.63) is 34.4 Å². The van der Waals surface area contributed by atoms with E-state index in [0.29, 0.717) is 5.56 Å². The van der Waals surface area contributed by atoms with Gasteiger partial charge in [-0.3, -0.25) is 0 Å². The molecule has 15 heavy (non-hydrogen) atoms. The summed E-state index contributed by atoms with van der Waals surface area (Å²) in [6.07, 6.45) is 1.25. The maximum absolute atomic E-state index is 10.7. The first-order chi connectivity index (χ1) is 6.95. The van der Waals surface area contributed by atoms with Gasteiger partial charge in [-0.25, -0.2) is 4.79 Å². The minimum atomic E-state index is -0.851. The van der Waals surface area contributed by atoms with Crippen LogP contribution in [0.3, 0.4) is 0 Å². The molecule has 1 N–H and O–H groups in total. The molecule has 0 aliphatic carbocycles. The molecule has 0 spiro atoms. The van der Waals surface area contributed by atoms with Gasteiger partial charge in [-0.2, -0.15) is 0 Å². The van der Waals surface area contributed by atoms with Gasteiger partial charge in [0.25, 0.3) is 0 Å². The number of carbonyl (C=O) groups is 1. The first-order valence-electron chi connectivity index (χ1n) is 5.25. The van der Waals surface area contributed by atoms with Crippen LogP contribution in [0.5, 0.6) is 0 Å². The van der Waals surface area contributed by atoms with Crippen molar-refractivity contribution in [1.82, 2.24) is 0 Å². The van der Waals surface area contributed by atoms with Gasteiger partial charge in [0.1, 0.15) is 0 Å². The lowest BCUT2D eigenvalue weighted by molar-refractivity contribution is 0.0696. The Kier molecular flexibility index (Phi) is 5.68. The standard InChI is InChI=1S/C10H12O2.C3H8/c1-6-4-5-9(10(11)12)8(3)7(6)2;1-3-2/h4-5H,1-3H3,(H,11,12);3H2,1-2H3. The van der Waals surface area contributed by atoms with Crippen LogP contribution in [0.2, 0.25) is 0 Å². The van der Waals surface area contributed by atoms with Crippen LogP contribution in [0.15, 0.2) is 12.1 Å². The highest BCUT2D eigenvalue weighted by molar-refractivity contribution is 5.89. The molecule has 2 nitrogen and oxygen atoms in total. The number of rotatable bonds is 1. The fourth-order valence-electron chi connectivity index (χ4n) is 1.19. The monoisotopic (exact) mass is 208 g/mol. The van der Waals surface area contributed by atoms with Crippen molar-refractivity contribution >= 4 is 5.97 Å². The molecule has 0 saturated heterocycles. The van der Waals surface area contributed by atoms with E-state index in [4.69, 9.17) is 5.11 Å². The third-order valence-corrected chi connectivity index (χ3v) is 2.29. The van der Waals surface area contributed by atoms with E-state index in [-0.39, 0.29) is 0 Å². The lowest BCUT2D eigenvalue weighted by Gasteiger charge is -2.06. The second-order valence-corrected chi connectivity index (χ2v) is 3.69. The lowest BCUT2D eigenvalue weighted by atomic mass is 9.99. The number of hydrogen-bond donors (Lipinski definition) is 1. The Morgan fingerprint density at radius 3 is 2.00 bits per heavy atom. The van der Waals surface area contributed by atoms with E-state index in [1.165, 1.54) is 6.42 Å². The van der Waals surface area contributed by atoms with Crippen molar-refractivity contribution in [1.29, 1.82) is 0 Å². The van der Waals surface area contributed by atoms with Crippen molar-refractivity contribution < 1.29 is 9.90 Å². The molecule has 0 atom stereocenters. The molecular weight excluding hydrogens is 188 g/mol. The van der Waals surface area contributed by atoms with Crippen LogP contribution in [0, 0.1) is 20.8 Å². The van der Waals surface area contributed by atoms with Gasteiger partial charge in [0.05, 0.1) is 5.56 Å². The highest BCUT2D eigenvalue weighted by Gasteiger charge is 2.08. The van der Waals surface area contributed by atoms with E-state index in [1.807, 2.05) is 26.8 Å². The molecule has 0 unspecified atom stereocenters. The van der Waals surface area contributed by atoms with Gasteiger partial charge in [0.2, 0.25) is 0 Å². The smallest absolute Gasteiger partial charge is 0.335 e. The van der Waals surface area contributed by atoms with Gasteiger partial charge >= 0.3 is 5.97 Å². The second kappa shape index (κ2) is 6.23. The molecule has 0 fully saturated rings. The Hall–Kier alpha value is -1.31. The Morgan fingerprint density at radius 1 is 1.13 bits per heavy atom. The largest absolute Gasteiger partial charge is 0.478 e. The molecule has 0 saturated carbocycles. The minimum Gasteiger partial charge on any atom is -0.478 e. The van der Waals surface area contributed by atoms with Crippen LogP contribution in [-0.4, -0.2) is 11.1 Å². The molecular formula is C13H20O2. The van der Waals surface area contributed by atoms with Crippen molar-refractivity contribution in [3.8, 4) is 0 Å². The fourth-order valence-corrected chi connectivity index (χ4v) is 1.19. The van der Waals surface area contributed by atoms with E-state index in [9.17, 15) is 4.79 Å². The molecule has 2 heteroatoms. The highest BCUT2D eigenvalue weighted by atomic mass is 16.4. The Morgan fingerprint density at radius 2 is 1.60 bits per heavy atom. The zero-order valence-corrected chi connectivity index (χ0v) is 10.2. The summed E-state index contributed by atoms with van der Waals surface area (Å²) < 4.78 is 0. The third kappa shape index (κ3) is 3.74. The van der Waals surface area contributed by atoms with Crippen LogP contribution in [0.4, 0.5) is 0 Å². The summed E-state index contributed by atoms with van der Waals surface area (Å²) in [7, 11) is 0.